The summed E-state index contributed by atoms with van der Waals surface area (Å²) in [6.45, 7) is 1.58. The first-order valence-electron chi connectivity index (χ1n) is 6.32. The molecule has 9 heteroatoms. The standard InChI is InChI=1S/C12H18N2O5S.ClH/c1-14(10-3-5-13-6-4-10)20(16,17)11-7-9(8-19-11)12(15)18-2;/h7-8,10,13H,3-6H2,1-2H3;1H. The molecule has 0 unspecified atom stereocenters. The molecule has 1 aromatic rings. The molecule has 1 saturated heterocycles. The van der Waals surface area contributed by atoms with Gasteiger partial charge in [-0.15, -0.1) is 12.4 Å². The van der Waals surface area contributed by atoms with E-state index in [1.54, 1.807) is 0 Å². The molecular weight excluding hydrogens is 320 g/mol. The first-order chi connectivity index (χ1) is 9.46. The largest absolute Gasteiger partial charge is 0.465 e. The fourth-order valence-electron chi connectivity index (χ4n) is 2.19. The maximum Gasteiger partial charge on any atom is 0.341 e. The van der Waals surface area contributed by atoms with E-state index in [2.05, 4.69) is 10.1 Å². The van der Waals surface area contributed by atoms with Crippen molar-refractivity contribution < 1.29 is 22.4 Å². The van der Waals surface area contributed by atoms with Crippen molar-refractivity contribution in [3.63, 3.8) is 0 Å². The Morgan fingerprint density at radius 3 is 2.62 bits per heavy atom. The molecule has 2 rings (SSSR count). The van der Waals surface area contributed by atoms with Crippen LogP contribution in [0.15, 0.2) is 21.8 Å². The summed E-state index contributed by atoms with van der Waals surface area (Å²) in [5.41, 5.74) is 0.0878. The molecule has 0 spiro atoms. The number of ether oxygens (including phenoxy) is 1. The maximum atomic E-state index is 12.4. The Morgan fingerprint density at radius 2 is 2.05 bits per heavy atom. The quantitative estimate of drug-likeness (QED) is 0.819. The van der Waals surface area contributed by atoms with Gasteiger partial charge in [-0.1, -0.05) is 0 Å². The molecule has 21 heavy (non-hydrogen) atoms. The molecule has 1 aromatic heterocycles. The lowest BCUT2D eigenvalue weighted by molar-refractivity contribution is 0.0600. The van der Waals surface area contributed by atoms with Crippen molar-refractivity contribution >= 4 is 28.4 Å². The number of hydrogen-bond donors (Lipinski definition) is 1. The van der Waals surface area contributed by atoms with Gasteiger partial charge in [0, 0.05) is 19.2 Å². The topological polar surface area (TPSA) is 88.8 Å². The van der Waals surface area contributed by atoms with Gasteiger partial charge in [-0.2, -0.15) is 4.31 Å². The number of rotatable bonds is 4. The van der Waals surface area contributed by atoms with Gasteiger partial charge in [-0.05, 0) is 25.9 Å². The molecule has 120 valence electrons. The zero-order valence-electron chi connectivity index (χ0n) is 11.9. The Kier molecular flexibility index (Phi) is 6.21. The summed E-state index contributed by atoms with van der Waals surface area (Å²) in [6.07, 6.45) is 2.59. The highest BCUT2D eigenvalue weighted by Gasteiger charge is 2.32. The number of carbonyl (C=O) groups is 1. The van der Waals surface area contributed by atoms with E-state index < -0.39 is 16.0 Å². The lowest BCUT2D eigenvalue weighted by Gasteiger charge is -2.30. The molecular formula is C12H19ClN2O5S. The molecule has 0 atom stereocenters. The molecule has 0 amide bonds. The van der Waals surface area contributed by atoms with Crippen LogP contribution in [0.3, 0.4) is 0 Å². The van der Waals surface area contributed by atoms with Gasteiger partial charge in [0.1, 0.15) is 6.26 Å². The van der Waals surface area contributed by atoms with Crippen LogP contribution in [-0.4, -0.2) is 52.0 Å². The highest BCUT2D eigenvalue weighted by Crippen LogP contribution is 2.22. The molecule has 1 aliphatic heterocycles. The molecule has 0 bridgehead atoms. The van der Waals surface area contributed by atoms with Crippen LogP contribution >= 0.6 is 12.4 Å². The van der Waals surface area contributed by atoms with Gasteiger partial charge in [0.05, 0.1) is 12.7 Å². The van der Waals surface area contributed by atoms with Gasteiger partial charge in [-0.25, -0.2) is 13.2 Å². The lowest BCUT2D eigenvalue weighted by atomic mass is 10.1. The highest BCUT2D eigenvalue weighted by atomic mass is 35.5. The number of furan rings is 1. The predicted molar refractivity (Wildman–Crippen MR) is 78.1 cm³/mol. The zero-order valence-corrected chi connectivity index (χ0v) is 13.5. The number of halogens is 1. The number of piperidine rings is 1. The van der Waals surface area contributed by atoms with E-state index in [0.717, 1.165) is 32.2 Å². The van der Waals surface area contributed by atoms with Crippen molar-refractivity contribution in [2.24, 2.45) is 0 Å². The van der Waals surface area contributed by atoms with Gasteiger partial charge < -0.3 is 14.5 Å². The van der Waals surface area contributed by atoms with E-state index in [4.69, 9.17) is 4.42 Å². The minimum Gasteiger partial charge on any atom is -0.465 e. The lowest BCUT2D eigenvalue weighted by Crippen LogP contribution is -2.43. The Labute approximate surface area is 130 Å². The summed E-state index contributed by atoms with van der Waals surface area (Å²) in [7, 11) is -0.968. The van der Waals surface area contributed by atoms with E-state index in [0.29, 0.717) is 0 Å². The van der Waals surface area contributed by atoms with Crippen LogP contribution < -0.4 is 5.32 Å². The number of hydrogen-bond acceptors (Lipinski definition) is 6. The second-order valence-corrected chi connectivity index (χ2v) is 6.58. The summed E-state index contributed by atoms with van der Waals surface area (Å²) < 4.78 is 35.7. The summed E-state index contributed by atoms with van der Waals surface area (Å²) in [5.74, 6) is -0.625. The van der Waals surface area contributed by atoms with Crippen LogP contribution in [0.5, 0.6) is 0 Å². The van der Waals surface area contributed by atoms with Crippen LogP contribution in [-0.2, 0) is 14.8 Å². The second kappa shape index (κ2) is 7.26. The zero-order chi connectivity index (χ0) is 14.8. The monoisotopic (exact) mass is 338 g/mol. The third-order valence-electron chi connectivity index (χ3n) is 3.45. The molecule has 1 fully saturated rings. The van der Waals surface area contributed by atoms with E-state index >= 15 is 0 Å². The Morgan fingerprint density at radius 1 is 1.43 bits per heavy atom. The van der Waals surface area contributed by atoms with Crippen LogP contribution in [0.25, 0.3) is 0 Å². The number of sulfonamides is 1. The summed E-state index contributed by atoms with van der Waals surface area (Å²) in [5, 5.41) is 2.94. The van der Waals surface area contributed by atoms with Crippen molar-refractivity contribution in [2.75, 3.05) is 27.2 Å². The number of nitrogens with zero attached hydrogens (tertiary/aromatic N) is 1. The molecule has 1 N–H and O–H groups in total. The number of methoxy groups -OCH3 is 1. The Balaban J connectivity index is 0.00000220. The maximum absolute atomic E-state index is 12.4. The van der Waals surface area contributed by atoms with Gasteiger partial charge in [0.15, 0.2) is 0 Å². The molecule has 0 radical (unpaired) electrons. The number of carbonyl (C=O) groups excluding carboxylic acids is 1. The van der Waals surface area contributed by atoms with E-state index in [1.807, 2.05) is 0 Å². The molecule has 0 saturated carbocycles. The minimum absolute atomic E-state index is 0. The predicted octanol–water partition coefficient (Wildman–Crippen LogP) is 0.860. The molecule has 7 nitrogen and oxygen atoms in total. The van der Waals surface area contributed by atoms with E-state index in [-0.39, 0.29) is 29.1 Å². The number of esters is 1. The van der Waals surface area contributed by atoms with Crippen molar-refractivity contribution in [1.29, 1.82) is 0 Å². The first-order valence-corrected chi connectivity index (χ1v) is 7.76. The van der Waals surface area contributed by atoms with Crippen LogP contribution in [0, 0.1) is 0 Å². The van der Waals surface area contributed by atoms with Crippen molar-refractivity contribution in [3.8, 4) is 0 Å². The fraction of sp³-hybridized carbons (Fsp3) is 0.583. The van der Waals surface area contributed by atoms with Crippen LogP contribution in [0.4, 0.5) is 0 Å². The normalized spacial score (nSPS) is 16.5. The van der Waals surface area contributed by atoms with Crippen molar-refractivity contribution in [3.05, 3.63) is 17.9 Å². The van der Waals surface area contributed by atoms with Crippen LogP contribution in [0.2, 0.25) is 0 Å². The average Bonchev–Trinajstić information content (AvgIpc) is 2.97. The Bertz CT molecular complexity index is 580. The fourth-order valence-corrected chi connectivity index (χ4v) is 3.52. The minimum atomic E-state index is -3.73. The van der Waals surface area contributed by atoms with Crippen molar-refractivity contribution in [2.45, 2.75) is 24.0 Å². The highest BCUT2D eigenvalue weighted by molar-refractivity contribution is 7.89. The van der Waals surface area contributed by atoms with Gasteiger partial charge >= 0.3 is 5.97 Å². The van der Waals surface area contributed by atoms with Gasteiger partial charge in [0.25, 0.3) is 10.0 Å². The van der Waals surface area contributed by atoms with Crippen molar-refractivity contribution in [1.82, 2.24) is 9.62 Å². The number of nitrogens with one attached hydrogen (secondary N) is 1. The molecule has 2 heterocycles. The van der Waals surface area contributed by atoms with Gasteiger partial charge in [0.2, 0.25) is 5.09 Å². The van der Waals surface area contributed by atoms with E-state index in [9.17, 15) is 13.2 Å². The van der Waals surface area contributed by atoms with Crippen LogP contribution in [0.1, 0.15) is 23.2 Å². The summed E-state index contributed by atoms with van der Waals surface area (Å²) in [4.78, 5) is 11.3. The third kappa shape index (κ3) is 3.76. The molecule has 1 aliphatic rings. The summed E-state index contributed by atoms with van der Waals surface area (Å²) >= 11 is 0. The second-order valence-electron chi connectivity index (χ2n) is 4.65. The first kappa shape index (κ1) is 18.0. The average molecular weight is 339 g/mol. The van der Waals surface area contributed by atoms with Gasteiger partial charge in [-0.3, -0.25) is 0 Å². The third-order valence-corrected chi connectivity index (χ3v) is 5.23. The molecule has 0 aliphatic carbocycles. The molecule has 0 aromatic carbocycles. The smallest absolute Gasteiger partial charge is 0.341 e. The SMILES string of the molecule is COC(=O)c1coc(S(=O)(=O)N(C)C2CCNCC2)c1.Cl. The summed E-state index contributed by atoms with van der Waals surface area (Å²) in [6, 6.07) is 1.13. The van der Waals surface area contributed by atoms with E-state index in [1.165, 1.54) is 24.5 Å². The Hall–Kier alpha value is -1.09.